The molecule has 2 N–H and O–H groups in total. The Morgan fingerprint density at radius 2 is 2.00 bits per heavy atom. The average Bonchev–Trinajstić information content (AvgIpc) is 2.83. The lowest BCUT2D eigenvalue weighted by Crippen LogP contribution is -2.56. The van der Waals surface area contributed by atoms with E-state index >= 15 is 0 Å². The summed E-state index contributed by atoms with van der Waals surface area (Å²) in [5.41, 5.74) is 3.58. The summed E-state index contributed by atoms with van der Waals surface area (Å²) >= 11 is 0. The number of aromatic nitrogens is 2. The van der Waals surface area contributed by atoms with Gasteiger partial charge in [-0.1, -0.05) is 6.92 Å². The van der Waals surface area contributed by atoms with Crippen molar-refractivity contribution in [3.63, 3.8) is 0 Å². The van der Waals surface area contributed by atoms with Crippen molar-refractivity contribution in [1.82, 2.24) is 25.3 Å². The van der Waals surface area contributed by atoms with E-state index in [0.29, 0.717) is 6.54 Å². The van der Waals surface area contributed by atoms with Crippen LogP contribution >= 0.6 is 24.0 Å². The monoisotopic (exact) mass is 490 g/mol. The number of aliphatic imine (C=N–C) groups is 1. The number of nitrogens with zero attached hydrogens (tertiary/aromatic N) is 4. The lowest BCUT2D eigenvalue weighted by Gasteiger charge is -2.43. The molecule has 0 aromatic carbocycles. The van der Waals surface area contributed by atoms with Crippen LogP contribution in [0.4, 0.5) is 0 Å². The molecule has 0 radical (unpaired) electrons. The third kappa shape index (κ3) is 6.62. The van der Waals surface area contributed by atoms with E-state index in [-0.39, 0.29) is 29.5 Å². The van der Waals surface area contributed by atoms with Crippen LogP contribution in [0.2, 0.25) is 0 Å². The van der Waals surface area contributed by atoms with Crippen molar-refractivity contribution in [2.75, 3.05) is 26.2 Å². The first-order valence-electron chi connectivity index (χ1n) is 10.0. The molecule has 156 valence electrons. The van der Waals surface area contributed by atoms with Gasteiger partial charge in [-0.25, -0.2) is 4.99 Å². The highest BCUT2D eigenvalue weighted by Crippen LogP contribution is 2.23. The minimum Gasteiger partial charge on any atom is -0.357 e. The summed E-state index contributed by atoms with van der Waals surface area (Å²) in [6, 6.07) is 0. The molecule has 0 spiro atoms. The van der Waals surface area contributed by atoms with Crippen molar-refractivity contribution in [1.29, 1.82) is 0 Å². The van der Waals surface area contributed by atoms with Crippen LogP contribution in [-0.2, 0) is 13.6 Å². The SMILES string of the molecule is CCNC(=NCc1c(C)nn(C)c1C)NCC(C)(C)N1CCCC(C)C1.I. The van der Waals surface area contributed by atoms with Gasteiger partial charge in [-0.15, -0.1) is 24.0 Å². The number of nitrogens with one attached hydrogen (secondary N) is 2. The Balaban J connectivity index is 0.00000364. The van der Waals surface area contributed by atoms with Crippen LogP contribution in [-0.4, -0.2) is 52.4 Å². The van der Waals surface area contributed by atoms with E-state index in [2.05, 4.69) is 62.2 Å². The molecule has 0 bridgehead atoms. The highest BCUT2D eigenvalue weighted by molar-refractivity contribution is 14.0. The molecule has 1 aromatic rings. The van der Waals surface area contributed by atoms with Crippen molar-refractivity contribution in [2.24, 2.45) is 18.0 Å². The van der Waals surface area contributed by atoms with E-state index in [4.69, 9.17) is 4.99 Å². The minimum atomic E-state index is 0. The third-order valence-corrected chi connectivity index (χ3v) is 5.60. The fourth-order valence-corrected chi connectivity index (χ4v) is 3.70. The Bertz CT molecular complexity index is 622. The molecule has 0 saturated carbocycles. The number of likely N-dealkylation sites (tertiary alicyclic amines) is 1. The van der Waals surface area contributed by atoms with E-state index in [1.807, 2.05) is 11.7 Å². The summed E-state index contributed by atoms with van der Waals surface area (Å²) < 4.78 is 1.93. The fourth-order valence-electron chi connectivity index (χ4n) is 3.70. The molecular weight excluding hydrogens is 451 g/mol. The Hall–Kier alpha value is -0.830. The first kappa shape index (κ1) is 24.2. The lowest BCUT2D eigenvalue weighted by molar-refractivity contribution is 0.0739. The van der Waals surface area contributed by atoms with E-state index in [1.54, 1.807) is 0 Å². The van der Waals surface area contributed by atoms with Gasteiger partial charge >= 0.3 is 0 Å². The van der Waals surface area contributed by atoms with Gasteiger partial charge in [0.25, 0.3) is 0 Å². The Morgan fingerprint density at radius 3 is 2.56 bits per heavy atom. The van der Waals surface area contributed by atoms with E-state index in [9.17, 15) is 0 Å². The van der Waals surface area contributed by atoms with Crippen molar-refractivity contribution in [2.45, 2.75) is 66.5 Å². The Kier molecular flexibility index (Phi) is 9.54. The van der Waals surface area contributed by atoms with Crippen molar-refractivity contribution in [3.8, 4) is 0 Å². The first-order chi connectivity index (χ1) is 12.2. The van der Waals surface area contributed by atoms with Gasteiger partial charge in [-0.3, -0.25) is 9.58 Å². The number of rotatable bonds is 6. The van der Waals surface area contributed by atoms with Crippen LogP contribution in [0.1, 0.15) is 57.5 Å². The van der Waals surface area contributed by atoms with Crippen LogP contribution < -0.4 is 10.6 Å². The molecule has 1 saturated heterocycles. The summed E-state index contributed by atoms with van der Waals surface area (Å²) in [4.78, 5) is 7.42. The fraction of sp³-hybridized carbons (Fsp3) is 0.800. The predicted octanol–water partition coefficient (Wildman–Crippen LogP) is 3.22. The van der Waals surface area contributed by atoms with Gasteiger partial charge in [0.1, 0.15) is 0 Å². The highest BCUT2D eigenvalue weighted by Gasteiger charge is 2.30. The Morgan fingerprint density at radius 1 is 1.30 bits per heavy atom. The zero-order chi connectivity index (χ0) is 19.3. The van der Waals surface area contributed by atoms with Gasteiger partial charge in [0, 0.05) is 43.5 Å². The van der Waals surface area contributed by atoms with Gasteiger partial charge < -0.3 is 10.6 Å². The molecule has 2 heterocycles. The van der Waals surface area contributed by atoms with Gasteiger partial charge in [-0.2, -0.15) is 5.10 Å². The van der Waals surface area contributed by atoms with Gasteiger partial charge in [0.2, 0.25) is 0 Å². The summed E-state index contributed by atoms with van der Waals surface area (Å²) in [6.45, 7) is 18.1. The molecule has 1 aliphatic heterocycles. The number of hydrogen-bond acceptors (Lipinski definition) is 3. The maximum atomic E-state index is 4.80. The molecule has 1 atom stereocenters. The van der Waals surface area contributed by atoms with Crippen molar-refractivity contribution >= 4 is 29.9 Å². The number of piperidine rings is 1. The largest absolute Gasteiger partial charge is 0.357 e. The molecule has 0 amide bonds. The molecule has 1 unspecified atom stereocenters. The van der Waals surface area contributed by atoms with Crippen molar-refractivity contribution in [3.05, 3.63) is 17.0 Å². The third-order valence-electron chi connectivity index (χ3n) is 5.60. The molecule has 0 aliphatic carbocycles. The van der Waals surface area contributed by atoms with E-state index < -0.39 is 0 Å². The number of halogens is 1. The normalized spacial score (nSPS) is 18.9. The molecule has 7 heteroatoms. The predicted molar refractivity (Wildman–Crippen MR) is 125 cm³/mol. The summed E-state index contributed by atoms with van der Waals surface area (Å²) in [6.07, 6.45) is 2.66. The number of aryl methyl sites for hydroxylation is 2. The summed E-state index contributed by atoms with van der Waals surface area (Å²) in [7, 11) is 1.99. The zero-order valence-electron chi connectivity index (χ0n) is 18.2. The maximum Gasteiger partial charge on any atom is 0.191 e. The number of guanidine groups is 1. The van der Waals surface area contributed by atoms with Gasteiger partial charge in [0.15, 0.2) is 5.96 Å². The summed E-state index contributed by atoms with van der Waals surface area (Å²) in [5, 5.41) is 11.4. The second kappa shape index (κ2) is 10.6. The van der Waals surface area contributed by atoms with Crippen LogP contribution in [0.25, 0.3) is 0 Å². The van der Waals surface area contributed by atoms with Crippen LogP contribution in [0.3, 0.4) is 0 Å². The molecule has 1 fully saturated rings. The smallest absolute Gasteiger partial charge is 0.191 e. The summed E-state index contributed by atoms with van der Waals surface area (Å²) in [5.74, 6) is 1.68. The lowest BCUT2D eigenvalue weighted by atomic mass is 9.93. The molecule has 6 nitrogen and oxygen atoms in total. The molecule has 2 rings (SSSR count). The van der Waals surface area contributed by atoms with Crippen LogP contribution in [0.15, 0.2) is 4.99 Å². The zero-order valence-corrected chi connectivity index (χ0v) is 20.6. The average molecular weight is 490 g/mol. The highest BCUT2D eigenvalue weighted by atomic mass is 127. The first-order valence-corrected chi connectivity index (χ1v) is 10.0. The van der Waals surface area contributed by atoms with E-state index in [1.165, 1.54) is 37.2 Å². The second-order valence-corrected chi connectivity index (χ2v) is 8.33. The molecule has 27 heavy (non-hydrogen) atoms. The van der Waals surface area contributed by atoms with Crippen LogP contribution in [0, 0.1) is 19.8 Å². The quantitative estimate of drug-likeness (QED) is 0.365. The molecule has 1 aliphatic rings. The van der Waals surface area contributed by atoms with E-state index in [0.717, 1.165) is 30.7 Å². The standard InChI is InChI=1S/C20H38N6.HI/c1-8-21-19(22-12-18-16(3)24-25(7)17(18)4)23-14-20(5,6)26-11-9-10-15(2)13-26;/h15H,8-14H2,1-7H3,(H2,21,22,23);1H. The Labute approximate surface area is 182 Å². The van der Waals surface area contributed by atoms with Gasteiger partial charge in [0.05, 0.1) is 12.2 Å². The van der Waals surface area contributed by atoms with Gasteiger partial charge in [-0.05, 0) is 59.9 Å². The van der Waals surface area contributed by atoms with Crippen molar-refractivity contribution < 1.29 is 0 Å². The minimum absolute atomic E-state index is 0. The van der Waals surface area contributed by atoms with Crippen LogP contribution in [0.5, 0.6) is 0 Å². The molecular formula is C20H39IN6. The topological polar surface area (TPSA) is 57.5 Å². The number of hydrogen-bond donors (Lipinski definition) is 2. The molecule has 1 aromatic heterocycles. The second-order valence-electron chi connectivity index (χ2n) is 8.33. The maximum absolute atomic E-state index is 4.80.